The second kappa shape index (κ2) is 7.00. The molecule has 0 atom stereocenters. The molecule has 2 aromatic carbocycles. The van der Waals surface area contributed by atoms with Gasteiger partial charge in [-0.05, 0) is 29.8 Å². The maximum atomic E-state index is 10.8. The van der Waals surface area contributed by atoms with Crippen molar-refractivity contribution in [1.29, 1.82) is 0 Å². The molecule has 0 aliphatic carbocycles. The number of benzene rings is 2. The Balaban J connectivity index is 2.19. The summed E-state index contributed by atoms with van der Waals surface area (Å²) in [5.41, 5.74) is 3.95. The van der Waals surface area contributed by atoms with Crippen LogP contribution in [0, 0.1) is 10.1 Å². The third kappa shape index (κ3) is 4.01. The van der Waals surface area contributed by atoms with Gasteiger partial charge < -0.3 is 5.43 Å². The van der Waals surface area contributed by atoms with Crippen molar-refractivity contribution in [1.82, 2.24) is 0 Å². The smallest absolute Gasteiger partial charge is 0.269 e. The van der Waals surface area contributed by atoms with E-state index in [2.05, 4.69) is 5.43 Å². The normalized spacial score (nSPS) is 10.4. The van der Waals surface area contributed by atoms with Gasteiger partial charge in [-0.25, -0.2) is 0 Å². The molecule has 0 bridgehead atoms. The van der Waals surface area contributed by atoms with E-state index in [9.17, 15) is 10.1 Å². The first-order valence-electron chi connectivity index (χ1n) is 5.83. The van der Waals surface area contributed by atoms with Gasteiger partial charge in [0, 0.05) is 22.8 Å². The molecule has 8 heteroatoms. The van der Waals surface area contributed by atoms with Crippen molar-refractivity contribution in [3.63, 3.8) is 0 Å². The van der Waals surface area contributed by atoms with Gasteiger partial charge in [0.1, 0.15) is 0 Å². The van der Waals surface area contributed by atoms with E-state index >= 15 is 0 Å². The van der Waals surface area contributed by atoms with E-state index in [0.717, 1.165) is 10.5 Å². The molecular formula is C13H11Cl2N3O2S. The lowest BCUT2D eigenvalue weighted by atomic mass is 10.2. The van der Waals surface area contributed by atoms with E-state index in [-0.39, 0.29) is 5.69 Å². The molecule has 3 N–H and O–H groups in total. The summed E-state index contributed by atoms with van der Waals surface area (Å²) in [7, 11) is 0. The van der Waals surface area contributed by atoms with Crippen LogP contribution in [0.5, 0.6) is 0 Å². The Morgan fingerprint density at radius 2 is 1.95 bits per heavy atom. The van der Waals surface area contributed by atoms with Crippen LogP contribution in [0.1, 0.15) is 5.56 Å². The number of halogens is 2. The van der Waals surface area contributed by atoms with Crippen molar-refractivity contribution in [3.05, 3.63) is 62.1 Å². The number of nitrogens with two attached hydrogens (primary N) is 1. The van der Waals surface area contributed by atoms with E-state index in [1.165, 1.54) is 23.9 Å². The first-order chi connectivity index (χ1) is 10.0. The summed E-state index contributed by atoms with van der Waals surface area (Å²) in [4.78, 5) is 11.3. The number of rotatable bonds is 5. The molecule has 2 rings (SSSR count). The number of hydrogen-bond acceptors (Lipinski definition) is 5. The molecule has 0 unspecified atom stereocenters. The van der Waals surface area contributed by atoms with Crippen LogP contribution >= 0.6 is 35.0 Å². The Morgan fingerprint density at radius 1 is 1.19 bits per heavy atom. The minimum atomic E-state index is -0.437. The summed E-state index contributed by atoms with van der Waals surface area (Å²) in [5.74, 6) is 5.94. The summed E-state index contributed by atoms with van der Waals surface area (Å²) in [6, 6.07) is 9.79. The lowest BCUT2D eigenvalue weighted by Gasteiger charge is -2.09. The largest absolute Gasteiger partial charge is 0.324 e. The number of nitro benzene ring substituents is 1. The van der Waals surface area contributed by atoms with Gasteiger partial charge in [0.05, 0.1) is 20.7 Å². The maximum Gasteiger partial charge on any atom is 0.269 e. The molecule has 0 fully saturated rings. The highest BCUT2D eigenvalue weighted by molar-refractivity contribution is 7.98. The highest BCUT2D eigenvalue weighted by Gasteiger charge is 2.11. The highest BCUT2D eigenvalue weighted by Crippen LogP contribution is 2.32. The standard InChI is InChI=1S/C13H11Cl2N3O2S/c14-11-3-2-10(6-12(11)15)21-7-8-5-9(18(19)20)1-4-13(8)17-16/h1-6,17H,7,16H2. The molecular weight excluding hydrogens is 333 g/mol. The quantitative estimate of drug-likeness (QED) is 0.362. The van der Waals surface area contributed by atoms with Crippen LogP contribution in [0.15, 0.2) is 41.3 Å². The van der Waals surface area contributed by atoms with Crippen LogP contribution < -0.4 is 11.3 Å². The fraction of sp³-hybridized carbons (Fsp3) is 0.0769. The number of nitrogens with zero attached hydrogens (tertiary/aromatic N) is 1. The highest BCUT2D eigenvalue weighted by atomic mass is 35.5. The van der Waals surface area contributed by atoms with Crippen LogP contribution in [0.25, 0.3) is 0 Å². The summed E-state index contributed by atoms with van der Waals surface area (Å²) in [5, 5.41) is 11.8. The van der Waals surface area contributed by atoms with Gasteiger partial charge in [0.2, 0.25) is 0 Å². The molecule has 0 saturated heterocycles. The van der Waals surface area contributed by atoms with Gasteiger partial charge in [-0.1, -0.05) is 23.2 Å². The molecule has 0 aliphatic heterocycles. The van der Waals surface area contributed by atoms with E-state index in [0.29, 0.717) is 21.5 Å². The van der Waals surface area contributed by atoms with Crippen LogP contribution in [-0.4, -0.2) is 4.92 Å². The zero-order chi connectivity index (χ0) is 15.4. The Bertz CT molecular complexity index is 682. The molecule has 0 amide bonds. The number of nitrogens with one attached hydrogen (secondary N) is 1. The van der Waals surface area contributed by atoms with Crippen LogP contribution in [-0.2, 0) is 5.75 Å². The lowest BCUT2D eigenvalue weighted by Crippen LogP contribution is -2.09. The van der Waals surface area contributed by atoms with E-state index < -0.39 is 4.92 Å². The lowest BCUT2D eigenvalue weighted by molar-refractivity contribution is -0.384. The Morgan fingerprint density at radius 3 is 2.57 bits per heavy atom. The summed E-state index contributed by atoms with van der Waals surface area (Å²) in [6.07, 6.45) is 0. The third-order valence-electron chi connectivity index (χ3n) is 2.74. The number of nitro groups is 1. The summed E-state index contributed by atoms with van der Waals surface area (Å²) in [6.45, 7) is 0. The van der Waals surface area contributed by atoms with Crippen molar-refractivity contribution in [2.45, 2.75) is 10.6 Å². The van der Waals surface area contributed by atoms with Gasteiger partial charge >= 0.3 is 0 Å². The second-order valence-corrected chi connectivity index (χ2v) is 5.97. The maximum absolute atomic E-state index is 10.8. The monoisotopic (exact) mass is 343 g/mol. The van der Waals surface area contributed by atoms with Crippen molar-refractivity contribution in [2.24, 2.45) is 5.84 Å². The molecule has 0 heterocycles. The van der Waals surface area contributed by atoms with Gasteiger partial charge in [-0.3, -0.25) is 16.0 Å². The number of nitrogen functional groups attached to an aromatic ring is 1. The topological polar surface area (TPSA) is 81.2 Å². The number of hydrogen-bond donors (Lipinski definition) is 2. The predicted molar refractivity (Wildman–Crippen MR) is 86.9 cm³/mol. The number of hydrazine groups is 1. The number of anilines is 1. The minimum absolute atomic E-state index is 0.0266. The van der Waals surface area contributed by atoms with E-state index in [1.807, 2.05) is 6.07 Å². The minimum Gasteiger partial charge on any atom is -0.324 e. The van der Waals surface area contributed by atoms with Crippen molar-refractivity contribution in [2.75, 3.05) is 5.43 Å². The van der Waals surface area contributed by atoms with Crippen LogP contribution in [0.3, 0.4) is 0 Å². The van der Waals surface area contributed by atoms with Gasteiger partial charge in [0.15, 0.2) is 0 Å². The van der Waals surface area contributed by atoms with E-state index in [4.69, 9.17) is 29.0 Å². The Hall–Kier alpha value is -1.47. The molecule has 0 saturated carbocycles. The summed E-state index contributed by atoms with van der Waals surface area (Å²) < 4.78 is 0. The number of non-ortho nitro benzene ring substituents is 1. The molecule has 0 aliphatic rings. The van der Waals surface area contributed by atoms with Gasteiger partial charge in [-0.15, -0.1) is 11.8 Å². The predicted octanol–water partition coefficient (Wildman–Crippen LogP) is 4.48. The third-order valence-corrected chi connectivity index (χ3v) is 4.52. The van der Waals surface area contributed by atoms with Crippen molar-refractivity contribution >= 4 is 46.3 Å². The zero-order valence-corrected chi connectivity index (χ0v) is 13.0. The molecule has 5 nitrogen and oxygen atoms in total. The molecule has 110 valence electrons. The van der Waals surface area contributed by atoms with E-state index in [1.54, 1.807) is 18.2 Å². The van der Waals surface area contributed by atoms with Crippen molar-refractivity contribution < 1.29 is 4.92 Å². The van der Waals surface area contributed by atoms with Gasteiger partial charge in [-0.2, -0.15) is 0 Å². The zero-order valence-electron chi connectivity index (χ0n) is 10.7. The number of thioether (sulfide) groups is 1. The molecule has 2 aromatic rings. The fourth-order valence-corrected chi connectivity index (χ4v) is 2.97. The fourth-order valence-electron chi connectivity index (χ4n) is 1.68. The van der Waals surface area contributed by atoms with Crippen LogP contribution in [0.2, 0.25) is 10.0 Å². The molecule has 0 aromatic heterocycles. The SMILES string of the molecule is NNc1ccc([N+](=O)[O-])cc1CSc1ccc(Cl)c(Cl)c1. The molecule has 21 heavy (non-hydrogen) atoms. The van der Waals surface area contributed by atoms with Gasteiger partial charge in [0.25, 0.3) is 5.69 Å². The average Bonchev–Trinajstić information content (AvgIpc) is 2.48. The second-order valence-electron chi connectivity index (χ2n) is 4.11. The Labute approximate surface area is 135 Å². The summed E-state index contributed by atoms with van der Waals surface area (Å²) >= 11 is 13.3. The Kier molecular flexibility index (Phi) is 5.30. The van der Waals surface area contributed by atoms with Crippen molar-refractivity contribution in [3.8, 4) is 0 Å². The first kappa shape index (κ1) is 15.9. The van der Waals surface area contributed by atoms with Crippen LogP contribution in [0.4, 0.5) is 11.4 Å². The molecule has 0 spiro atoms. The first-order valence-corrected chi connectivity index (χ1v) is 7.57. The average molecular weight is 344 g/mol. The molecule has 0 radical (unpaired) electrons.